The van der Waals surface area contributed by atoms with Crippen LogP contribution in [0.2, 0.25) is 0 Å². The first-order chi connectivity index (χ1) is 15.6. The summed E-state index contributed by atoms with van der Waals surface area (Å²) in [6.07, 6.45) is 18.3. The number of unbranched alkanes of at least 4 members (excludes halogenated alkanes) is 15. The van der Waals surface area contributed by atoms with Crippen LogP contribution in [0.3, 0.4) is 0 Å². The van der Waals surface area contributed by atoms with Crippen molar-refractivity contribution in [3.63, 3.8) is 0 Å². The van der Waals surface area contributed by atoms with Crippen LogP contribution in [0.4, 0.5) is 0 Å². The van der Waals surface area contributed by atoms with E-state index in [1.807, 2.05) is 0 Å². The Balaban J connectivity index is 1.94. The van der Waals surface area contributed by atoms with Crippen molar-refractivity contribution in [1.82, 2.24) is 0 Å². The van der Waals surface area contributed by atoms with Gasteiger partial charge in [-0.1, -0.05) is 96.8 Å². The molecule has 1 aliphatic rings. The fourth-order valence-electron chi connectivity index (χ4n) is 4.12. The number of hydrogen-bond acceptors (Lipinski definition) is 7. The van der Waals surface area contributed by atoms with E-state index in [2.05, 4.69) is 12.1 Å². The number of aliphatic hydroxyl groups is 4. The summed E-state index contributed by atoms with van der Waals surface area (Å²) in [7, 11) is 0. The van der Waals surface area contributed by atoms with Crippen LogP contribution in [-0.4, -0.2) is 64.0 Å². The van der Waals surface area contributed by atoms with Gasteiger partial charge in [0.05, 0.1) is 19.3 Å². The van der Waals surface area contributed by atoms with Crippen LogP contribution in [0, 0.1) is 0 Å². The second-order valence-electron chi connectivity index (χ2n) is 9.38. The lowest BCUT2D eigenvalue weighted by molar-refractivity contribution is -0.123. The maximum absolute atomic E-state index is 9.96. The van der Waals surface area contributed by atoms with E-state index in [0.29, 0.717) is 6.61 Å². The van der Waals surface area contributed by atoms with E-state index in [1.54, 1.807) is 0 Å². The lowest BCUT2D eigenvalue weighted by Gasteiger charge is -2.39. The molecule has 7 nitrogen and oxygen atoms in total. The number of nitrogens with zero attached hydrogens (tertiary/aromatic N) is 1. The molecule has 2 atom stereocenters. The Morgan fingerprint density at radius 2 is 1.22 bits per heavy atom. The average molecular weight is 460 g/mol. The third kappa shape index (κ3) is 12.4. The van der Waals surface area contributed by atoms with Crippen molar-refractivity contribution < 1.29 is 30.0 Å². The van der Waals surface area contributed by atoms with Crippen molar-refractivity contribution in [1.29, 1.82) is 0 Å². The van der Waals surface area contributed by atoms with Crippen LogP contribution < -0.4 is 0 Å². The third-order valence-electron chi connectivity index (χ3n) is 6.34. The van der Waals surface area contributed by atoms with E-state index >= 15 is 0 Å². The Morgan fingerprint density at radius 1 is 0.781 bits per heavy atom. The summed E-state index contributed by atoms with van der Waals surface area (Å²) in [5.74, 6) is -0.191. The second-order valence-corrected chi connectivity index (χ2v) is 9.38. The van der Waals surface area contributed by atoms with Gasteiger partial charge in [0.25, 0.3) is 5.90 Å². The molecule has 1 heterocycles. The van der Waals surface area contributed by atoms with Gasteiger partial charge in [0.2, 0.25) is 0 Å². The van der Waals surface area contributed by atoms with E-state index < -0.39 is 31.0 Å². The molecule has 0 aromatic rings. The molecule has 0 spiro atoms. The first kappa shape index (κ1) is 29.1. The Bertz CT molecular complexity index is 469. The number of aliphatic hydroxyl groups excluding tert-OH is 4. The standard InChI is InChI=1S/C25H49NO6/c1-2-3-4-5-6-7-8-9-10-11-12-13-14-15-16-17-18-31-26-24-23(30)22(29)19-25(20-27,21-28)32-24/h22-23,27-30H,2-21H2,1H3. The van der Waals surface area contributed by atoms with Crippen LogP contribution in [0.5, 0.6) is 0 Å². The number of rotatable bonds is 20. The molecule has 0 saturated carbocycles. The summed E-state index contributed by atoms with van der Waals surface area (Å²) in [4.78, 5) is 5.22. The maximum Gasteiger partial charge on any atom is 0.258 e. The fraction of sp³-hybridized carbons (Fsp3) is 0.960. The van der Waals surface area contributed by atoms with E-state index in [0.717, 1.165) is 12.8 Å². The second kappa shape index (κ2) is 18.5. The van der Waals surface area contributed by atoms with Gasteiger partial charge in [-0.05, 0) is 18.0 Å². The molecule has 1 saturated heterocycles. The Kier molecular flexibility index (Phi) is 16.9. The normalized spacial score (nSPS) is 21.6. The SMILES string of the molecule is CCCCCCCCCCCCCCCCCCON=C1OC(CO)(CO)CC(O)C1O. The van der Waals surface area contributed by atoms with Gasteiger partial charge in [0.1, 0.15) is 6.61 Å². The first-order valence-electron chi connectivity index (χ1n) is 13.0. The van der Waals surface area contributed by atoms with Gasteiger partial charge >= 0.3 is 0 Å². The summed E-state index contributed by atoms with van der Waals surface area (Å²) in [5, 5.41) is 42.5. The molecule has 7 heteroatoms. The molecule has 1 rings (SSSR count). The smallest absolute Gasteiger partial charge is 0.258 e. The Morgan fingerprint density at radius 3 is 1.66 bits per heavy atom. The largest absolute Gasteiger partial charge is 0.465 e. The van der Waals surface area contributed by atoms with Gasteiger partial charge in [-0.25, -0.2) is 0 Å². The molecule has 0 radical (unpaired) electrons. The predicted octanol–water partition coefficient (Wildman–Crippen LogP) is 4.44. The summed E-state index contributed by atoms with van der Waals surface area (Å²) >= 11 is 0. The number of hydrogen-bond donors (Lipinski definition) is 4. The van der Waals surface area contributed by atoms with Crippen LogP contribution in [0.1, 0.15) is 116 Å². The molecule has 2 unspecified atom stereocenters. The molecule has 0 amide bonds. The predicted molar refractivity (Wildman–Crippen MR) is 128 cm³/mol. The highest BCUT2D eigenvalue weighted by atomic mass is 16.7. The molecule has 1 fully saturated rings. The van der Waals surface area contributed by atoms with Crippen molar-refractivity contribution in [3.8, 4) is 0 Å². The fourth-order valence-corrected chi connectivity index (χ4v) is 4.12. The number of ether oxygens (including phenoxy) is 1. The zero-order chi connectivity index (χ0) is 23.5. The van der Waals surface area contributed by atoms with Gasteiger partial charge in [-0.15, -0.1) is 0 Å². The van der Waals surface area contributed by atoms with Crippen molar-refractivity contribution in [2.75, 3.05) is 19.8 Å². The van der Waals surface area contributed by atoms with E-state index in [4.69, 9.17) is 9.57 Å². The molecule has 4 N–H and O–H groups in total. The zero-order valence-electron chi connectivity index (χ0n) is 20.3. The summed E-state index contributed by atoms with van der Waals surface area (Å²) in [6, 6.07) is 0. The van der Waals surface area contributed by atoms with Gasteiger partial charge in [0.15, 0.2) is 11.7 Å². The zero-order valence-corrected chi connectivity index (χ0v) is 20.3. The van der Waals surface area contributed by atoms with Gasteiger partial charge in [0, 0.05) is 6.42 Å². The molecule has 0 bridgehead atoms. The highest BCUT2D eigenvalue weighted by molar-refractivity contribution is 5.82. The summed E-state index contributed by atoms with van der Waals surface area (Å²) in [6.45, 7) is 1.71. The molecule has 0 aliphatic carbocycles. The Labute approximate surface area is 195 Å². The summed E-state index contributed by atoms with van der Waals surface area (Å²) in [5.41, 5.74) is -1.34. The van der Waals surface area contributed by atoms with Crippen molar-refractivity contribution in [2.24, 2.45) is 5.16 Å². The summed E-state index contributed by atoms with van der Waals surface area (Å²) < 4.78 is 5.40. The van der Waals surface area contributed by atoms with Gasteiger partial charge in [-0.3, -0.25) is 0 Å². The highest BCUT2D eigenvalue weighted by Gasteiger charge is 2.45. The third-order valence-corrected chi connectivity index (χ3v) is 6.34. The van der Waals surface area contributed by atoms with Crippen LogP contribution in [0.25, 0.3) is 0 Å². The molecule has 190 valence electrons. The minimum atomic E-state index is -1.34. The van der Waals surface area contributed by atoms with Crippen LogP contribution in [0.15, 0.2) is 5.16 Å². The average Bonchev–Trinajstić information content (AvgIpc) is 2.80. The molecule has 0 aromatic carbocycles. The topological polar surface area (TPSA) is 112 Å². The van der Waals surface area contributed by atoms with Crippen LogP contribution in [-0.2, 0) is 9.57 Å². The van der Waals surface area contributed by atoms with Crippen molar-refractivity contribution in [2.45, 2.75) is 134 Å². The monoisotopic (exact) mass is 459 g/mol. The lowest BCUT2D eigenvalue weighted by Crippen LogP contribution is -2.56. The molecule has 1 aliphatic heterocycles. The van der Waals surface area contributed by atoms with E-state index in [9.17, 15) is 20.4 Å². The van der Waals surface area contributed by atoms with Gasteiger partial charge in [-0.2, -0.15) is 0 Å². The Hall–Kier alpha value is -0.890. The molecular formula is C25H49NO6. The molecule has 32 heavy (non-hydrogen) atoms. The van der Waals surface area contributed by atoms with E-state index in [-0.39, 0.29) is 12.3 Å². The first-order valence-corrected chi connectivity index (χ1v) is 13.0. The van der Waals surface area contributed by atoms with E-state index in [1.165, 1.54) is 89.9 Å². The quantitative estimate of drug-likeness (QED) is 0.158. The number of oxime groups is 1. The molecule has 0 aromatic heterocycles. The van der Waals surface area contributed by atoms with Gasteiger partial charge < -0.3 is 30.0 Å². The van der Waals surface area contributed by atoms with Crippen LogP contribution >= 0.6 is 0 Å². The lowest BCUT2D eigenvalue weighted by atomic mass is 9.91. The minimum absolute atomic E-state index is 0.0701. The molecular weight excluding hydrogens is 410 g/mol. The highest BCUT2D eigenvalue weighted by Crippen LogP contribution is 2.26. The minimum Gasteiger partial charge on any atom is -0.465 e. The maximum atomic E-state index is 9.96. The van der Waals surface area contributed by atoms with Crippen molar-refractivity contribution in [3.05, 3.63) is 0 Å². The van der Waals surface area contributed by atoms with Crippen molar-refractivity contribution >= 4 is 5.90 Å².